The van der Waals surface area contributed by atoms with Crippen molar-refractivity contribution in [1.29, 1.82) is 0 Å². The van der Waals surface area contributed by atoms with E-state index in [0.717, 1.165) is 11.2 Å². The van der Waals surface area contributed by atoms with Gasteiger partial charge < -0.3 is 5.32 Å². The molecule has 1 aromatic carbocycles. The van der Waals surface area contributed by atoms with Crippen LogP contribution >= 0.6 is 0 Å². The Labute approximate surface area is 120 Å². The van der Waals surface area contributed by atoms with Crippen LogP contribution in [0.25, 0.3) is 5.65 Å². The van der Waals surface area contributed by atoms with Gasteiger partial charge >= 0.3 is 0 Å². The summed E-state index contributed by atoms with van der Waals surface area (Å²) in [5, 5.41) is 18.3. The lowest BCUT2D eigenvalue weighted by molar-refractivity contribution is -0.385. The van der Waals surface area contributed by atoms with Crippen molar-refractivity contribution in [2.75, 3.05) is 5.32 Å². The summed E-state index contributed by atoms with van der Waals surface area (Å²) in [5.41, 5.74) is 2.49. The lowest BCUT2D eigenvalue weighted by Crippen LogP contribution is -2.04. The highest BCUT2D eigenvalue weighted by Gasteiger charge is 2.12. The largest absolute Gasteiger partial charge is 0.349 e. The van der Waals surface area contributed by atoms with Crippen molar-refractivity contribution in [3.63, 3.8) is 0 Å². The van der Waals surface area contributed by atoms with E-state index in [4.69, 9.17) is 0 Å². The minimum absolute atomic E-state index is 0.0876. The number of pyridine rings is 1. The number of nitro groups is 1. The summed E-state index contributed by atoms with van der Waals surface area (Å²) >= 11 is 0. The molecule has 0 amide bonds. The molecule has 0 fully saturated rings. The number of aromatic nitrogens is 3. The highest BCUT2D eigenvalue weighted by molar-refractivity contribution is 5.46. The Morgan fingerprint density at radius 2 is 2.10 bits per heavy atom. The molecule has 21 heavy (non-hydrogen) atoms. The van der Waals surface area contributed by atoms with Crippen LogP contribution in [0.2, 0.25) is 0 Å². The van der Waals surface area contributed by atoms with Crippen LogP contribution in [0.3, 0.4) is 0 Å². The smallest absolute Gasteiger partial charge is 0.274 e. The Bertz CT molecular complexity index is 812. The number of benzene rings is 1. The highest BCUT2D eigenvalue weighted by Crippen LogP contribution is 2.18. The molecule has 0 saturated heterocycles. The third-order valence-electron chi connectivity index (χ3n) is 3.10. The van der Waals surface area contributed by atoms with Crippen molar-refractivity contribution in [1.82, 2.24) is 14.6 Å². The van der Waals surface area contributed by atoms with Gasteiger partial charge in [-0.15, -0.1) is 5.10 Å². The molecule has 0 atom stereocenters. The van der Waals surface area contributed by atoms with Crippen molar-refractivity contribution < 1.29 is 4.92 Å². The summed E-state index contributed by atoms with van der Waals surface area (Å²) < 4.78 is 1.68. The predicted octanol–water partition coefficient (Wildman–Crippen LogP) is 2.56. The molecule has 2 aromatic heterocycles. The fourth-order valence-corrected chi connectivity index (χ4v) is 2.07. The number of nitrogens with zero attached hydrogens (tertiary/aromatic N) is 4. The Balaban J connectivity index is 1.82. The quantitative estimate of drug-likeness (QED) is 0.587. The van der Waals surface area contributed by atoms with Crippen molar-refractivity contribution in [3.05, 3.63) is 63.8 Å². The normalized spacial score (nSPS) is 10.7. The molecule has 7 heteroatoms. The summed E-state index contributed by atoms with van der Waals surface area (Å²) in [6.07, 6.45) is 1.87. The Morgan fingerprint density at radius 1 is 1.29 bits per heavy atom. The molecular weight excluding hydrogens is 270 g/mol. The van der Waals surface area contributed by atoms with E-state index in [2.05, 4.69) is 15.4 Å². The lowest BCUT2D eigenvalue weighted by Gasteiger charge is -2.02. The van der Waals surface area contributed by atoms with Crippen LogP contribution in [0.1, 0.15) is 11.1 Å². The van der Waals surface area contributed by atoms with Crippen molar-refractivity contribution >= 4 is 17.3 Å². The monoisotopic (exact) mass is 283 g/mol. The molecule has 1 N–H and O–H groups in total. The van der Waals surface area contributed by atoms with Crippen LogP contribution in [-0.4, -0.2) is 19.5 Å². The van der Waals surface area contributed by atoms with Gasteiger partial charge in [0.05, 0.1) is 4.92 Å². The van der Waals surface area contributed by atoms with Crippen LogP contribution in [0.5, 0.6) is 0 Å². The van der Waals surface area contributed by atoms with Crippen LogP contribution in [0.15, 0.2) is 42.6 Å². The second kappa shape index (κ2) is 5.20. The first kappa shape index (κ1) is 13.0. The van der Waals surface area contributed by atoms with Crippen LogP contribution in [0.4, 0.5) is 11.6 Å². The van der Waals surface area contributed by atoms with Crippen molar-refractivity contribution in [3.8, 4) is 0 Å². The SMILES string of the molecule is Cc1ccc2nc(NCc3ccccc3[N+](=O)[O-])nn2c1. The fourth-order valence-electron chi connectivity index (χ4n) is 2.07. The molecule has 0 aliphatic heterocycles. The number of rotatable bonds is 4. The van der Waals surface area contributed by atoms with Crippen molar-refractivity contribution in [2.45, 2.75) is 13.5 Å². The van der Waals surface area contributed by atoms with E-state index in [-0.39, 0.29) is 5.69 Å². The Hall–Kier alpha value is -2.96. The second-order valence-electron chi connectivity index (χ2n) is 4.68. The van der Waals surface area contributed by atoms with Crippen molar-refractivity contribution in [2.24, 2.45) is 0 Å². The van der Waals surface area contributed by atoms with Gasteiger partial charge in [-0.3, -0.25) is 10.1 Å². The maximum Gasteiger partial charge on any atom is 0.274 e. The van der Waals surface area contributed by atoms with E-state index in [1.807, 2.05) is 25.3 Å². The fraction of sp³-hybridized carbons (Fsp3) is 0.143. The number of hydrogen-bond acceptors (Lipinski definition) is 5. The third kappa shape index (κ3) is 2.66. The lowest BCUT2D eigenvalue weighted by atomic mass is 10.2. The molecule has 0 radical (unpaired) electrons. The number of anilines is 1. The van der Waals surface area contributed by atoms with Gasteiger partial charge in [-0.2, -0.15) is 4.98 Å². The number of aryl methyl sites for hydroxylation is 1. The van der Waals surface area contributed by atoms with Crippen LogP contribution in [0, 0.1) is 17.0 Å². The summed E-state index contributed by atoms with van der Waals surface area (Å²) in [7, 11) is 0. The molecule has 0 aliphatic rings. The third-order valence-corrected chi connectivity index (χ3v) is 3.10. The van der Waals surface area contributed by atoms with E-state index >= 15 is 0 Å². The molecule has 106 valence electrons. The minimum Gasteiger partial charge on any atom is -0.349 e. The van der Waals surface area contributed by atoms with Gasteiger partial charge in [-0.05, 0) is 18.6 Å². The molecule has 7 nitrogen and oxygen atoms in total. The van der Waals surface area contributed by atoms with Gasteiger partial charge in [0.1, 0.15) is 0 Å². The Morgan fingerprint density at radius 3 is 2.90 bits per heavy atom. The zero-order valence-corrected chi connectivity index (χ0v) is 11.4. The number of nitrogens with one attached hydrogen (secondary N) is 1. The van der Waals surface area contributed by atoms with Gasteiger partial charge in [0.15, 0.2) is 5.65 Å². The molecule has 3 aromatic rings. The molecule has 0 aliphatic carbocycles. The van der Waals surface area contributed by atoms with Gasteiger partial charge in [0.2, 0.25) is 5.95 Å². The molecule has 2 heterocycles. The standard InChI is InChI=1S/C14H13N5O2/c1-10-6-7-13-16-14(17-18(13)9-10)15-8-11-4-2-3-5-12(11)19(20)21/h2-7,9H,8H2,1H3,(H,15,17). The van der Waals surface area contributed by atoms with Crippen LogP contribution in [-0.2, 0) is 6.54 Å². The Kier molecular flexibility index (Phi) is 3.23. The highest BCUT2D eigenvalue weighted by atomic mass is 16.6. The average molecular weight is 283 g/mol. The zero-order chi connectivity index (χ0) is 14.8. The average Bonchev–Trinajstić information content (AvgIpc) is 2.87. The second-order valence-corrected chi connectivity index (χ2v) is 4.68. The zero-order valence-electron chi connectivity index (χ0n) is 11.4. The van der Waals surface area contributed by atoms with E-state index in [1.54, 1.807) is 22.7 Å². The van der Waals surface area contributed by atoms with E-state index in [9.17, 15) is 10.1 Å². The molecule has 0 bridgehead atoms. The molecule has 0 saturated carbocycles. The number of nitro benzene ring substituents is 1. The molecule has 0 unspecified atom stereocenters. The summed E-state index contributed by atoms with van der Waals surface area (Å²) in [6.45, 7) is 2.27. The molecule has 3 rings (SSSR count). The van der Waals surface area contributed by atoms with E-state index in [0.29, 0.717) is 18.1 Å². The predicted molar refractivity (Wildman–Crippen MR) is 78.1 cm³/mol. The maximum absolute atomic E-state index is 11.0. The first-order valence-corrected chi connectivity index (χ1v) is 6.43. The number of fused-ring (bicyclic) bond motifs is 1. The van der Waals surface area contributed by atoms with E-state index < -0.39 is 4.92 Å². The first-order valence-electron chi connectivity index (χ1n) is 6.43. The summed E-state index contributed by atoms with van der Waals surface area (Å²) in [5.74, 6) is 0.443. The van der Waals surface area contributed by atoms with Gasteiger partial charge in [0.25, 0.3) is 5.69 Å². The molecule has 0 spiro atoms. The number of hydrogen-bond donors (Lipinski definition) is 1. The summed E-state index contributed by atoms with van der Waals surface area (Å²) in [4.78, 5) is 14.9. The minimum atomic E-state index is -0.391. The summed E-state index contributed by atoms with van der Waals surface area (Å²) in [6, 6.07) is 10.4. The first-order chi connectivity index (χ1) is 10.1. The van der Waals surface area contributed by atoms with E-state index in [1.165, 1.54) is 6.07 Å². The number of para-hydroxylation sites is 1. The topological polar surface area (TPSA) is 85.4 Å². The van der Waals surface area contributed by atoms with Gasteiger partial charge in [-0.25, -0.2) is 4.52 Å². The van der Waals surface area contributed by atoms with Gasteiger partial charge in [0, 0.05) is 24.4 Å². The molecular formula is C14H13N5O2. The van der Waals surface area contributed by atoms with Gasteiger partial charge in [-0.1, -0.05) is 24.3 Å². The maximum atomic E-state index is 11.0. The van der Waals surface area contributed by atoms with Crippen LogP contribution < -0.4 is 5.32 Å².